The van der Waals surface area contributed by atoms with Crippen molar-refractivity contribution in [3.63, 3.8) is 0 Å². The maximum atomic E-state index is 12.0. The molecule has 130 valence electrons. The second-order valence-electron chi connectivity index (χ2n) is 5.61. The van der Waals surface area contributed by atoms with E-state index in [9.17, 15) is 4.79 Å². The van der Waals surface area contributed by atoms with Crippen LogP contribution in [0.3, 0.4) is 0 Å². The molecule has 0 heterocycles. The minimum atomic E-state index is -0.110. The average Bonchev–Trinajstić information content (AvgIpc) is 2.46. The highest BCUT2D eigenvalue weighted by Crippen LogP contribution is 2.20. The van der Waals surface area contributed by atoms with Gasteiger partial charge in [0.15, 0.2) is 5.96 Å². The molecule has 1 unspecified atom stereocenters. The molecule has 1 amide bonds. The molecule has 0 saturated carbocycles. The number of benzene rings is 1. The van der Waals surface area contributed by atoms with E-state index in [0.717, 1.165) is 15.7 Å². The largest absolute Gasteiger partial charge is 0.354 e. The minimum Gasteiger partial charge on any atom is -0.354 e. The van der Waals surface area contributed by atoms with Crippen molar-refractivity contribution in [3.05, 3.63) is 28.2 Å². The van der Waals surface area contributed by atoms with Crippen LogP contribution in [0.1, 0.15) is 26.3 Å². The first-order valence-electron chi connectivity index (χ1n) is 7.36. The number of amides is 1. The van der Waals surface area contributed by atoms with Crippen LogP contribution in [-0.2, 0) is 4.79 Å². The van der Waals surface area contributed by atoms with E-state index in [1.54, 1.807) is 7.05 Å². The fourth-order valence-electron chi connectivity index (χ4n) is 1.66. The summed E-state index contributed by atoms with van der Waals surface area (Å²) in [5.41, 5.74) is 1.83. The number of nitrogens with zero attached hydrogens (tertiary/aromatic N) is 1. The maximum Gasteiger partial charge on any atom is 0.243 e. The van der Waals surface area contributed by atoms with Gasteiger partial charge < -0.3 is 16.0 Å². The Bertz CT molecular complexity index is 549. The summed E-state index contributed by atoms with van der Waals surface area (Å²) in [6, 6.07) is 6.07. The first-order valence-corrected chi connectivity index (χ1v) is 8.16. The summed E-state index contributed by atoms with van der Waals surface area (Å²) in [6.45, 7) is 8.47. The molecule has 0 saturated heterocycles. The number of aryl methyl sites for hydroxylation is 1. The van der Waals surface area contributed by atoms with Crippen LogP contribution in [-0.4, -0.2) is 31.5 Å². The molecule has 0 bridgehead atoms. The Labute approximate surface area is 164 Å². The molecule has 0 spiro atoms. The third-order valence-corrected chi connectivity index (χ3v) is 3.97. The molecule has 1 aromatic rings. The lowest BCUT2D eigenvalue weighted by molar-refractivity contribution is -0.115. The topological polar surface area (TPSA) is 65.5 Å². The fraction of sp³-hybridized carbons (Fsp3) is 0.500. The fourth-order valence-corrected chi connectivity index (χ4v) is 2.03. The van der Waals surface area contributed by atoms with E-state index < -0.39 is 0 Å². The van der Waals surface area contributed by atoms with E-state index in [1.807, 2.05) is 25.1 Å². The Balaban J connectivity index is 0.00000484. The third-order valence-electron chi connectivity index (χ3n) is 3.48. The number of carbonyl (C=O) groups is 1. The lowest BCUT2D eigenvalue weighted by atomic mass is 10.1. The molecule has 1 rings (SSSR count). The van der Waals surface area contributed by atoms with Crippen molar-refractivity contribution in [2.75, 3.05) is 18.9 Å². The van der Waals surface area contributed by atoms with Crippen molar-refractivity contribution < 1.29 is 4.79 Å². The van der Waals surface area contributed by atoms with Crippen LogP contribution in [0.5, 0.6) is 0 Å². The first kappa shape index (κ1) is 22.2. The minimum absolute atomic E-state index is 0. The maximum absolute atomic E-state index is 12.0. The molecular weight excluding hydrogens is 471 g/mol. The SMILES string of the molecule is CN=C(NCC(=O)Nc1cc(Br)ccc1C)NC(C)C(C)C.I. The number of rotatable bonds is 5. The Morgan fingerprint density at radius 3 is 2.52 bits per heavy atom. The molecule has 3 N–H and O–H groups in total. The van der Waals surface area contributed by atoms with Gasteiger partial charge in [0.05, 0.1) is 6.54 Å². The molecule has 0 aliphatic carbocycles. The number of halogens is 2. The van der Waals surface area contributed by atoms with Crippen molar-refractivity contribution in [2.45, 2.75) is 33.7 Å². The highest BCUT2D eigenvalue weighted by Gasteiger charge is 2.10. The van der Waals surface area contributed by atoms with Crippen molar-refractivity contribution in [1.29, 1.82) is 0 Å². The summed E-state index contributed by atoms with van der Waals surface area (Å²) < 4.78 is 0.935. The molecule has 5 nitrogen and oxygen atoms in total. The lowest BCUT2D eigenvalue weighted by Gasteiger charge is -2.20. The molecule has 0 fully saturated rings. The molecule has 0 aromatic heterocycles. The Morgan fingerprint density at radius 1 is 1.30 bits per heavy atom. The van der Waals surface area contributed by atoms with Crippen LogP contribution < -0.4 is 16.0 Å². The summed E-state index contributed by atoms with van der Waals surface area (Å²) in [4.78, 5) is 16.2. The van der Waals surface area contributed by atoms with Gasteiger partial charge in [0, 0.05) is 23.2 Å². The molecule has 7 heteroatoms. The van der Waals surface area contributed by atoms with Gasteiger partial charge in [0.2, 0.25) is 5.91 Å². The van der Waals surface area contributed by atoms with Gasteiger partial charge in [-0.15, -0.1) is 24.0 Å². The van der Waals surface area contributed by atoms with Gasteiger partial charge >= 0.3 is 0 Å². The molecule has 0 radical (unpaired) electrons. The molecular formula is C16H26BrIN4O. The highest BCUT2D eigenvalue weighted by atomic mass is 127. The number of guanidine groups is 1. The van der Waals surface area contributed by atoms with Crippen molar-refractivity contribution in [2.24, 2.45) is 10.9 Å². The molecule has 0 aliphatic heterocycles. The normalized spacial score (nSPS) is 12.4. The van der Waals surface area contributed by atoms with Gasteiger partial charge in [-0.3, -0.25) is 9.79 Å². The summed E-state index contributed by atoms with van der Waals surface area (Å²) in [5.74, 6) is 1.00. The number of hydrogen-bond acceptors (Lipinski definition) is 2. The van der Waals surface area contributed by atoms with Gasteiger partial charge in [-0.1, -0.05) is 35.8 Å². The van der Waals surface area contributed by atoms with Crippen LogP contribution in [0.25, 0.3) is 0 Å². The van der Waals surface area contributed by atoms with E-state index in [2.05, 4.69) is 57.6 Å². The third kappa shape index (κ3) is 8.01. The summed E-state index contributed by atoms with van der Waals surface area (Å²) in [5, 5.41) is 9.17. The van der Waals surface area contributed by atoms with Crippen LogP contribution in [0.4, 0.5) is 5.69 Å². The van der Waals surface area contributed by atoms with Gasteiger partial charge in [-0.25, -0.2) is 0 Å². The van der Waals surface area contributed by atoms with Crippen molar-refractivity contribution in [3.8, 4) is 0 Å². The predicted octanol–water partition coefficient (Wildman–Crippen LogP) is 3.52. The van der Waals surface area contributed by atoms with Crippen molar-refractivity contribution in [1.82, 2.24) is 10.6 Å². The van der Waals surface area contributed by atoms with E-state index in [0.29, 0.717) is 11.9 Å². The quantitative estimate of drug-likeness (QED) is 0.332. The van der Waals surface area contributed by atoms with Crippen LogP contribution in [0, 0.1) is 12.8 Å². The summed E-state index contributed by atoms with van der Waals surface area (Å²) >= 11 is 3.40. The Hall–Kier alpha value is -0.830. The number of hydrogen-bond donors (Lipinski definition) is 3. The van der Waals surface area contributed by atoms with Crippen LogP contribution in [0.2, 0.25) is 0 Å². The monoisotopic (exact) mass is 496 g/mol. The molecule has 23 heavy (non-hydrogen) atoms. The second-order valence-corrected chi connectivity index (χ2v) is 6.53. The first-order chi connectivity index (χ1) is 10.3. The number of anilines is 1. The molecule has 1 atom stereocenters. The highest BCUT2D eigenvalue weighted by molar-refractivity contribution is 14.0. The van der Waals surface area contributed by atoms with E-state index >= 15 is 0 Å². The lowest BCUT2D eigenvalue weighted by Crippen LogP contribution is -2.46. The second kappa shape index (κ2) is 10.9. The van der Waals surface area contributed by atoms with Crippen LogP contribution in [0.15, 0.2) is 27.7 Å². The zero-order chi connectivity index (χ0) is 16.7. The van der Waals surface area contributed by atoms with Gasteiger partial charge in [-0.05, 0) is 37.5 Å². The molecule has 1 aromatic carbocycles. The number of aliphatic imine (C=N–C) groups is 1. The Kier molecular flexibility index (Phi) is 10.5. The van der Waals surface area contributed by atoms with E-state index in [4.69, 9.17) is 0 Å². The Morgan fingerprint density at radius 2 is 1.96 bits per heavy atom. The number of nitrogens with one attached hydrogen (secondary N) is 3. The van der Waals surface area contributed by atoms with Crippen molar-refractivity contribution >= 4 is 57.5 Å². The van der Waals surface area contributed by atoms with Crippen LogP contribution >= 0.6 is 39.9 Å². The zero-order valence-electron chi connectivity index (χ0n) is 14.2. The predicted molar refractivity (Wildman–Crippen MR) is 112 cm³/mol. The smallest absolute Gasteiger partial charge is 0.243 e. The standard InChI is InChI=1S/C16H25BrN4O.HI/c1-10(2)12(4)20-16(18-5)19-9-15(22)21-14-8-13(17)7-6-11(14)3;/h6-8,10,12H,9H2,1-5H3,(H,21,22)(H2,18,19,20);1H. The van der Waals surface area contributed by atoms with Gasteiger partial charge in [0.1, 0.15) is 0 Å². The summed E-state index contributed by atoms with van der Waals surface area (Å²) in [7, 11) is 1.69. The number of carbonyl (C=O) groups excluding carboxylic acids is 1. The molecule has 0 aliphatic rings. The average molecular weight is 497 g/mol. The van der Waals surface area contributed by atoms with E-state index in [-0.39, 0.29) is 42.5 Å². The zero-order valence-corrected chi connectivity index (χ0v) is 18.2. The van der Waals surface area contributed by atoms with Gasteiger partial charge in [-0.2, -0.15) is 0 Å². The van der Waals surface area contributed by atoms with Gasteiger partial charge in [0.25, 0.3) is 0 Å². The van der Waals surface area contributed by atoms with E-state index in [1.165, 1.54) is 0 Å². The summed E-state index contributed by atoms with van der Waals surface area (Å²) in [6.07, 6.45) is 0.